The van der Waals surface area contributed by atoms with Gasteiger partial charge in [-0.3, -0.25) is 4.79 Å². The van der Waals surface area contributed by atoms with Crippen molar-refractivity contribution in [2.24, 2.45) is 7.05 Å². The van der Waals surface area contributed by atoms with Gasteiger partial charge in [0, 0.05) is 27.3 Å². The molecule has 1 amide bonds. The largest absolute Gasteiger partial charge is 0.385 e. The monoisotopic (exact) mass is 213 g/mol. The van der Waals surface area contributed by atoms with Gasteiger partial charge in [-0.05, 0) is 16.8 Å². The Morgan fingerprint density at radius 1 is 1.60 bits per heavy atom. The van der Waals surface area contributed by atoms with Crippen LogP contribution in [0.5, 0.6) is 0 Å². The molecular weight excluding hydrogens is 198 g/mol. The van der Waals surface area contributed by atoms with Gasteiger partial charge in [0.1, 0.15) is 0 Å². The van der Waals surface area contributed by atoms with E-state index in [1.807, 2.05) is 0 Å². The second-order valence-electron chi connectivity index (χ2n) is 3.09. The summed E-state index contributed by atoms with van der Waals surface area (Å²) in [7, 11) is 3.33. The van der Waals surface area contributed by atoms with Gasteiger partial charge in [0.25, 0.3) is 0 Å². The molecular formula is C8H15N5O2. The van der Waals surface area contributed by atoms with Crippen LogP contribution in [0.15, 0.2) is 0 Å². The van der Waals surface area contributed by atoms with Crippen molar-refractivity contribution in [3.05, 3.63) is 5.82 Å². The number of nitrogens with zero attached hydrogens (tertiary/aromatic N) is 4. The van der Waals surface area contributed by atoms with E-state index in [4.69, 9.17) is 4.74 Å². The van der Waals surface area contributed by atoms with Gasteiger partial charge >= 0.3 is 0 Å². The zero-order valence-corrected chi connectivity index (χ0v) is 8.93. The Bertz CT molecular complexity index is 312. The van der Waals surface area contributed by atoms with Crippen molar-refractivity contribution in [3.8, 4) is 0 Å². The first-order chi connectivity index (χ1) is 7.24. The SMILES string of the molecule is COCCCNC(=O)Cc1nnnn1C. The molecule has 0 fully saturated rings. The van der Waals surface area contributed by atoms with E-state index in [1.54, 1.807) is 14.2 Å². The number of hydrogen-bond donors (Lipinski definition) is 1. The molecule has 0 saturated carbocycles. The van der Waals surface area contributed by atoms with Gasteiger partial charge in [0.05, 0.1) is 6.42 Å². The average molecular weight is 213 g/mol. The molecule has 0 aliphatic carbocycles. The molecule has 0 bridgehead atoms. The van der Waals surface area contributed by atoms with Gasteiger partial charge < -0.3 is 10.1 Å². The topological polar surface area (TPSA) is 81.9 Å². The van der Waals surface area contributed by atoms with E-state index in [0.29, 0.717) is 19.0 Å². The van der Waals surface area contributed by atoms with Crippen LogP contribution >= 0.6 is 0 Å². The highest BCUT2D eigenvalue weighted by molar-refractivity contribution is 5.77. The molecule has 0 aliphatic heterocycles. The molecule has 1 N–H and O–H groups in total. The lowest BCUT2D eigenvalue weighted by atomic mass is 10.3. The highest BCUT2D eigenvalue weighted by Crippen LogP contribution is 1.90. The predicted molar refractivity (Wildman–Crippen MR) is 52.0 cm³/mol. The van der Waals surface area contributed by atoms with Crippen LogP contribution in [0.2, 0.25) is 0 Å². The minimum Gasteiger partial charge on any atom is -0.385 e. The molecule has 0 aromatic carbocycles. The van der Waals surface area contributed by atoms with Crippen LogP contribution in [-0.4, -0.2) is 46.4 Å². The molecule has 84 valence electrons. The van der Waals surface area contributed by atoms with E-state index in [9.17, 15) is 4.79 Å². The van der Waals surface area contributed by atoms with Crippen LogP contribution in [0.25, 0.3) is 0 Å². The fraction of sp³-hybridized carbons (Fsp3) is 0.750. The number of aryl methyl sites for hydroxylation is 1. The van der Waals surface area contributed by atoms with Gasteiger partial charge in [0.15, 0.2) is 5.82 Å². The van der Waals surface area contributed by atoms with E-state index in [1.165, 1.54) is 4.68 Å². The molecule has 0 spiro atoms. The van der Waals surface area contributed by atoms with Crippen LogP contribution in [-0.2, 0) is 23.0 Å². The van der Waals surface area contributed by atoms with Crippen molar-refractivity contribution in [3.63, 3.8) is 0 Å². The highest BCUT2D eigenvalue weighted by Gasteiger charge is 2.07. The Morgan fingerprint density at radius 2 is 2.40 bits per heavy atom. The van der Waals surface area contributed by atoms with Crippen molar-refractivity contribution in [1.82, 2.24) is 25.5 Å². The first-order valence-corrected chi connectivity index (χ1v) is 4.71. The van der Waals surface area contributed by atoms with Crippen molar-refractivity contribution in [2.75, 3.05) is 20.3 Å². The average Bonchev–Trinajstić information content (AvgIpc) is 2.59. The zero-order valence-electron chi connectivity index (χ0n) is 8.93. The summed E-state index contributed by atoms with van der Waals surface area (Å²) in [5, 5.41) is 13.6. The minimum atomic E-state index is -0.0796. The molecule has 0 aliphatic rings. The molecule has 0 saturated heterocycles. The van der Waals surface area contributed by atoms with Gasteiger partial charge in [-0.2, -0.15) is 0 Å². The van der Waals surface area contributed by atoms with Gasteiger partial charge in [0.2, 0.25) is 5.91 Å². The van der Waals surface area contributed by atoms with Gasteiger partial charge in [-0.1, -0.05) is 0 Å². The Kier molecular flexibility index (Phi) is 4.69. The number of methoxy groups -OCH3 is 1. The van der Waals surface area contributed by atoms with Gasteiger partial charge in [-0.25, -0.2) is 4.68 Å². The lowest BCUT2D eigenvalue weighted by Crippen LogP contribution is -2.27. The van der Waals surface area contributed by atoms with E-state index in [0.717, 1.165) is 6.42 Å². The Hall–Kier alpha value is -1.50. The molecule has 7 nitrogen and oxygen atoms in total. The maximum Gasteiger partial charge on any atom is 0.227 e. The number of carbonyl (C=O) groups is 1. The van der Waals surface area contributed by atoms with Crippen LogP contribution in [0.3, 0.4) is 0 Å². The molecule has 1 aromatic heterocycles. The van der Waals surface area contributed by atoms with E-state index in [-0.39, 0.29) is 12.3 Å². The summed E-state index contributed by atoms with van der Waals surface area (Å²) in [4.78, 5) is 11.4. The fourth-order valence-electron chi connectivity index (χ4n) is 1.05. The van der Waals surface area contributed by atoms with Crippen LogP contribution in [0, 0.1) is 0 Å². The molecule has 1 aromatic rings. The summed E-state index contributed by atoms with van der Waals surface area (Å²) in [6, 6.07) is 0. The molecule has 7 heteroatoms. The van der Waals surface area contributed by atoms with Crippen molar-refractivity contribution < 1.29 is 9.53 Å². The third kappa shape index (κ3) is 4.03. The number of aromatic nitrogens is 4. The normalized spacial score (nSPS) is 10.3. The molecule has 0 unspecified atom stereocenters. The highest BCUT2D eigenvalue weighted by atomic mass is 16.5. The summed E-state index contributed by atoms with van der Waals surface area (Å²) in [6.07, 6.45) is 1.01. The smallest absolute Gasteiger partial charge is 0.227 e. The van der Waals surface area contributed by atoms with E-state index >= 15 is 0 Å². The summed E-state index contributed by atoms with van der Waals surface area (Å²) in [5.41, 5.74) is 0. The third-order valence-corrected chi connectivity index (χ3v) is 1.87. The van der Waals surface area contributed by atoms with E-state index < -0.39 is 0 Å². The summed E-state index contributed by atoms with van der Waals surface area (Å²) in [5.74, 6) is 0.475. The van der Waals surface area contributed by atoms with E-state index in [2.05, 4.69) is 20.8 Å². The maximum atomic E-state index is 11.4. The number of ether oxygens (including phenoxy) is 1. The number of amides is 1. The predicted octanol–water partition coefficient (Wildman–Crippen LogP) is -1.09. The maximum absolute atomic E-state index is 11.4. The number of carbonyl (C=O) groups excluding carboxylic acids is 1. The zero-order chi connectivity index (χ0) is 11.1. The number of nitrogens with one attached hydrogen (secondary N) is 1. The van der Waals surface area contributed by atoms with Crippen molar-refractivity contribution in [2.45, 2.75) is 12.8 Å². The second-order valence-corrected chi connectivity index (χ2v) is 3.09. The summed E-state index contributed by atoms with van der Waals surface area (Å²) < 4.78 is 6.34. The Labute approximate surface area is 87.8 Å². The Balaban J connectivity index is 2.22. The van der Waals surface area contributed by atoms with Crippen LogP contribution < -0.4 is 5.32 Å². The minimum absolute atomic E-state index is 0.0796. The fourth-order valence-corrected chi connectivity index (χ4v) is 1.05. The van der Waals surface area contributed by atoms with Gasteiger partial charge in [-0.15, -0.1) is 5.10 Å². The molecule has 0 atom stereocenters. The van der Waals surface area contributed by atoms with Crippen LogP contribution in [0.1, 0.15) is 12.2 Å². The lowest BCUT2D eigenvalue weighted by Gasteiger charge is -2.03. The number of tetrazole rings is 1. The molecule has 0 radical (unpaired) electrons. The molecule has 1 rings (SSSR count). The second kappa shape index (κ2) is 6.07. The summed E-state index contributed by atoms with van der Waals surface area (Å²) in [6.45, 7) is 1.25. The number of rotatable bonds is 6. The van der Waals surface area contributed by atoms with Crippen molar-refractivity contribution >= 4 is 5.91 Å². The first-order valence-electron chi connectivity index (χ1n) is 4.71. The Morgan fingerprint density at radius 3 is 3.00 bits per heavy atom. The lowest BCUT2D eigenvalue weighted by molar-refractivity contribution is -0.120. The standard InChI is InChI=1S/C8H15N5O2/c1-13-7(10-11-12-13)6-8(14)9-4-3-5-15-2/h3-6H2,1-2H3,(H,9,14). The third-order valence-electron chi connectivity index (χ3n) is 1.87. The molecule has 15 heavy (non-hydrogen) atoms. The number of hydrogen-bond acceptors (Lipinski definition) is 5. The summed E-state index contributed by atoms with van der Waals surface area (Å²) >= 11 is 0. The first kappa shape index (κ1) is 11.6. The van der Waals surface area contributed by atoms with Crippen LogP contribution in [0.4, 0.5) is 0 Å². The van der Waals surface area contributed by atoms with Crippen molar-refractivity contribution in [1.29, 1.82) is 0 Å². The molecule has 1 heterocycles. The quantitative estimate of drug-likeness (QED) is 0.607.